The zero-order valence-corrected chi connectivity index (χ0v) is 19.0. The van der Waals surface area contributed by atoms with E-state index in [1.807, 2.05) is 13.0 Å². The predicted molar refractivity (Wildman–Crippen MR) is 122 cm³/mol. The number of hydrogen-bond acceptors (Lipinski definition) is 6. The van der Waals surface area contributed by atoms with Crippen LogP contribution in [0.2, 0.25) is 5.02 Å². The fourth-order valence-electron chi connectivity index (χ4n) is 3.44. The molecule has 1 N–H and O–H groups in total. The lowest BCUT2D eigenvalue weighted by atomic mass is 9.95. The summed E-state index contributed by atoms with van der Waals surface area (Å²) in [6, 6.07) is 6.97. The SMILES string of the molecule is CCOC(=O)c1c(NC(=O)C(C#N)=Cc2ccc(OCC)c(Cl)c2)sc2c1CCCC2. The molecule has 0 aliphatic heterocycles. The highest BCUT2D eigenvalue weighted by Gasteiger charge is 2.27. The molecule has 0 saturated heterocycles. The van der Waals surface area contributed by atoms with Gasteiger partial charge in [0.1, 0.15) is 22.4 Å². The quantitative estimate of drug-likeness (QED) is 0.341. The van der Waals surface area contributed by atoms with E-state index in [4.69, 9.17) is 21.1 Å². The maximum absolute atomic E-state index is 12.8. The van der Waals surface area contributed by atoms with Crippen molar-refractivity contribution in [2.75, 3.05) is 18.5 Å². The monoisotopic (exact) mass is 458 g/mol. The van der Waals surface area contributed by atoms with Gasteiger partial charge in [-0.05, 0) is 68.9 Å². The van der Waals surface area contributed by atoms with Gasteiger partial charge in [0.15, 0.2) is 0 Å². The Hall–Kier alpha value is -2.82. The number of anilines is 1. The van der Waals surface area contributed by atoms with Gasteiger partial charge in [-0.2, -0.15) is 5.26 Å². The van der Waals surface area contributed by atoms with E-state index in [-0.39, 0.29) is 12.2 Å². The second-order valence-corrected chi connectivity index (χ2v) is 8.39. The average Bonchev–Trinajstić information content (AvgIpc) is 3.11. The minimum atomic E-state index is -0.586. The van der Waals surface area contributed by atoms with Crippen molar-refractivity contribution in [1.82, 2.24) is 0 Å². The predicted octanol–water partition coefficient (Wildman–Crippen LogP) is 5.40. The zero-order chi connectivity index (χ0) is 22.4. The van der Waals surface area contributed by atoms with Crippen LogP contribution in [0.5, 0.6) is 5.75 Å². The first-order chi connectivity index (χ1) is 15.0. The van der Waals surface area contributed by atoms with Crippen LogP contribution in [0.25, 0.3) is 6.08 Å². The smallest absolute Gasteiger partial charge is 0.341 e. The summed E-state index contributed by atoms with van der Waals surface area (Å²) in [4.78, 5) is 26.5. The Morgan fingerprint density at radius 3 is 2.71 bits per heavy atom. The molecular formula is C23H23ClN2O4S. The molecule has 0 bridgehead atoms. The van der Waals surface area contributed by atoms with Crippen molar-refractivity contribution < 1.29 is 19.1 Å². The molecule has 162 valence electrons. The number of carbonyl (C=O) groups excluding carboxylic acids is 2. The number of benzene rings is 1. The first-order valence-electron chi connectivity index (χ1n) is 10.2. The number of nitriles is 1. The zero-order valence-electron chi connectivity index (χ0n) is 17.4. The number of hydrogen-bond donors (Lipinski definition) is 1. The lowest BCUT2D eigenvalue weighted by molar-refractivity contribution is -0.112. The molecule has 0 radical (unpaired) electrons. The number of carbonyl (C=O) groups is 2. The Morgan fingerprint density at radius 2 is 2.03 bits per heavy atom. The Morgan fingerprint density at radius 1 is 1.26 bits per heavy atom. The van der Waals surface area contributed by atoms with Crippen molar-refractivity contribution in [2.24, 2.45) is 0 Å². The fraction of sp³-hybridized carbons (Fsp3) is 0.348. The number of rotatable bonds is 7. The molecule has 1 aromatic carbocycles. The molecule has 31 heavy (non-hydrogen) atoms. The number of nitrogens with zero attached hydrogens (tertiary/aromatic N) is 1. The number of thiophene rings is 1. The van der Waals surface area contributed by atoms with Crippen LogP contribution >= 0.6 is 22.9 Å². The number of aryl methyl sites for hydroxylation is 1. The third-order valence-corrected chi connectivity index (χ3v) is 6.31. The van der Waals surface area contributed by atoms with Crippen LogP contribution < -0.4 is 10.1 Å². The van der Waals surface area contributed by atoms with Crippen LogP contribution in [0.1, 0.15) is 53.1 Å². The van der Waals surface area contributed by atoms with Gasteiger partial charge in [0, 0.05) is 4.88 Å². The van der Waals surface area contributed by atoms with Gasteiger partial charge in [0.2, 0.25) is 0 Å². The highest BCUT2D eigenvalue weighted by molar-refractivity contribution is 7.17. The second kappa shape index (κ2) is 10.5. The van der Waals surface area contributed by atoms with E-state index in [0.29, 0.717) is 33.5 Å². The summed E-state index contributed by atoms with van der Waals surface area (Å²) in [5.41, 5.74) is 1.86. The van der Waals surface area contributed by atoms with E-state index in [1.165, 1.54) is 17.4 Å². The van der Waals surface area contributed by atoms with Crippen LogP contribution in [0.3, 0.4) is 0 Å². The third kappa shape index (κ3) is 5.27. The van der Waals surface area contributed by atoms with Crippen LogP contribution in [0, 0.1) is 11.3 Å². The summed E-state index contributed by atoms with van der Waals surface area (Å²) in [5.74, 6) is -0.498. The molecule has 0 atom stereocenters. The van der Waals surface area contributed by atoms with Crippen molar-refractivity contribution in [3.63, 3.8) is 0 Å². The summed E-state index contributed by atoms with van der Waals surface area (Å²) in [6.07, 6.45) is 5.14. The van der Waals surface area contributed by atoms with Crippen LogP contribution in [0.4, 0.5) is 5.00 Å². The van der Waals surface area contributed by atoms with Crippen molar-refractivity contribution in [3.05, 3.63) is 50.4 Å². The van der Waals surface area contributed by atoms with E-state index in [9.17, 15) is 14.9 Å². The molecule has 0 spiro atoms. The normalized spacial score (nSPS) is 13.2. The Bertz CT molecular complexity index is 1070. The summed E-state index contributed by atoms with van der Waals surface area (Å²) < 4.78 is 10.6. The van der Waals surface area contributed by atoms with Gasteiger partial charge in [-0.3, -0.25) is 4.79 Å². The summed E-state index contributed by atoms with van der Waals surface area (Å²) in [6.45, 7) is 4.33. The largest absolute Gasteiger partial charge is 0.492 e. The van der Waals surface area contributed by atoms with Crippen molar-refractivity contribution in [1.29, 1.82) is 5.26 Å². The Balaban J connectivity index is 1.88. The number of ether oxygens (including phenoxy) is 2. The molecular weight excluding hydrogens is 436 g/mol. The minimum absolute atomic E-state index is 0.0959. The molecule has 8 heteroatoms. The fourth-order valence-corrected chi connectivity index (χ4v) is 4.95. The average molecular weight is 459 g/mol. The molecule has 1 aromatic heterocycles. The number of nitrogens with one attached hydrogen (secondary N) is 1. The number of fused-ring (bicyclic) bond motifs is 1. The number of amides is 1. The van der Waals surface area contributed by atoms with Gasteiger partial charge >= 0.3 is 5.97 Å². The molecule has 6 nitrogen and oxygen atoms in total. The Labute approximate surface area is 190 Å². The second-order valence-electron chi connectivity index (χ2n) is 6.88. The molecule has 0 unspecified atom stereocenters. The van der Waals surface area contributed by atoms with Gasteiger partial charge in [-0.1, -0.05) is 17.7 Å². The Kier molecular flexibility index (Phi) is 7.72. The first kappa shape index (κ1) is 22.9. The standard InChI is InChI=1S/C23H23ClN2O4S/c1-3-29-18-10-9-14(12-17(18)24)11-15(13-25)21(27)26-22-20(23(28)30-4-2)16-7-5-6-8-19(16)31-22/h9-12H,3-8H2,1-2H3,(H,26,27). The maximum atomic E-state index is 12.8. The van der Waals surface area contributed by atoms with E-state index < -0.39 is 11.9 Å². The number of halogens is 1. The lowest BCUT2D eigenvalue weighted by Gasteiger charge is -2.12. The molecule has 2 aromatic rings. The van der Waals surface area contributed by atoms with Crippen LogP contribution in [-0.4, -0.2) is 25.1 Å². The number of esters is 1. The van der Waals surface area contributed by atoms with E-state index in [1.54, 1.807) is 25.1 Å². The molecule has 3 rings (SSSR count). The van der Waals surface area contributed by atoms with Gasteiger partial charge in [0.05, 0.1) is 23.8 Å². The molecule has 0 saturated carbocycles. The minimum Gasteiger partial charge on any atom is -0.492 e. The van der Waals surface area contributed by atoms with E-state index in [0.717, 1.165) is 36.1 Å². The molecule has 1 aliphatic rings. The van der Waals surface area contributed by atoms with Crippen molar-refractivity contribution >= 4 is 45.9 Å². The van der Waals surface area contributed by atoms with E-state index >= 15 is 0 Å². The summed E-state index contributed by atoms with van der Waals surface area (Å²) in [7, 11) is 0. The lowest BCUT2D eigenvalue weighted by Crippen LogP contribution is -2.16. The van der Waals surface area contributed by atoms with Crippen molar-refractivity contribution in [3.8, 4) is 11.8 Å². The maximum Gasteiger partial charge on any atom is 0.341 e. The van der Waals surface area contributed by atoms with Crippen molar-refractivity contribution in [2.45, 2.75) is 39.5 Å². The van der Waals surface area contributed by atoms with Gasteiger partial charge in [-0.15, -0.1) is 11.3 Å². The molecule has 1 amide bonds. The summed E-state index contributed by atoms with van der Waals surface area (Å²) in [5, 5.41) is 13.1. The highest BCUT2D eigenvalue weighted by atomic mass is 35.5. The van der Waals surface area contributed by atoms with Crippen LogP contribution in [0.15, 0.2) is 23.8 Å². The van der Waals surface area contributed by atoms with Gasteiger partial charge < -0.3 is 14.8 Å². The molecule has 1 heterocycles. The summed E-state index contributed by atoms with van der Waals surface area (Å²) >= 11 is 7.58. The molecule has 1 aliphatic carbocycles. The third-order valence-electron chi connectivity index (χ3n) is 4.81. The topological polar surface area (TPSA) is 88.4 Å². The van der Waals surface area contributed by atoms with Crippen LogP contribution in [-0.2, 0) is 22.4 Å². The van der Waals surface area contributed by atoms with Gasteiger partial charge in [-0.25, -0.2) is 4.79 Å². The molecule has 0 fully saturated rings. The first-order valence-corrected chi connectivity index (χ1v) is 11.3. The highest BCUT2D eigenvalue weighted by Crippen LogP contribution is 2.39. The van der Waals surface area contributed by atoms with Gasteiger partial charge in [0.25, 0.3) is 5.91 Å². The van der Waals surface area contributed by atoms with E-state index in [2.05, 4.69) is 5.32 Å².